The van der Waals surface area contributed by atoms with Gasteiger partial charge in [0.1, 0.15) is 5.41 Å². The van der Waals surface area contributed by atoms with Gasteiger partial charge >= 0.3 is 5.97 Å². The van der Waals surface area contributed by atoms with Crippen molar-refractivity contribution in [3.8, 4) is 0 Å². The van der Waals surface area contributed by atoms with Crippen molar-refractivity contribution in [1.82, 2.24) is 0 Å². The lowest BCUT2D eigenvalue weighted by atomic mass is 9.72. The molecule has 0 aromatic heterocycles. The third kappa shape index (κ3) is 4.57. The second-order valence-electron chi connectivity index (χ2n) is 6.94. The monoisotopic (exact) mass is 291 g/mol. The van der Waals surface area contributed by atoms with Gasteiger partial charge in [-0.2, -0.15) is 0 Å². The summed E-state index contributed by atoms with van der Waals surface area (Å²) < 4.78 is 5.34. The molecule has 21 heavy (non-hydrogen) atoms. The standard InChI is InChI=1S/C18H29NO2/c1-6-21-16(20)18(13-19,11-10-17(3,4)5)15-9-7-8-14(2)12-15/h7-9,12H,6,10-11,13,19H2,1-5H3. The van der Waals surface area contributed by atoms with Gasteiger partial charge in [0.2, 0.25) is 0 Å². The molecule has 1 aromatic carbocycles. The van der Waals surface area contributed by atoms with Crippen molar-refractivity contribution >= 4 is 5.97 Å². The molecule has 0 amide bonds. The summed E-state index contributed by atoms with van der Waals surface area (Å²) in [5.41, 5.74) is 7.55. The Morgan fingerprint density at radius 2 is 1.90 bits per heavy atom. The summed E-state index contributed by atoms with van der Waals surface area (Å²) in [6, 6.07) is 8.04. The summed E-state index contributed by atoms with van der Waals surface area (Å²) in [5.74, 6) is -0.206. The number of rotatable bonds is 6. The van der Waals surface area contributed by atoms with Crippen LogP contribution in [0.2, 0.25) is 0 Å². The Hall–Kier alpha value is -1.35. The van der Waals surface area contributed by atoms with Gasteiger partial charge in [-0.25, -0.2) is 0 Å². The van der Waals surface area contributed by atoms with Gasteiger partial charge in [-0.1, -0.05) is 50.6 Å². The Morgan fingerprint density at radius 1 is 1.24 bits per heavy atom. The largest absolute Gasteiger partial charge is 0.465 e. The molecule has 1 atom stereocenters. The van der Waals surface area contributed by atoms with E-state index in [1.54, 1.807) is 0 Å². The molecule has 1 unspecified atom stereocenters. The van der Waals surface area contributed by atoms with Crippen LogP contribution in [0.3, 0.4) is 0 Å². The highest BCUT2D eigenvalue weighted by molar-refractivity contribution is 5.83. The highest BCUT2D eigenvalue weighted by Gasteiger charge is 2.41. The second kappa shape index (κ2) is 7.08. The predicted octanol–water partition coefficient (Wildman–Crippen LogP) is 3.58. The van der Waals surface area contributed by atoms with Crippen molar-refractivity contribution in [2.75, 3.05) is 13.2 Å². The first-order valence-electron chi connectivity index (χ1n) is 7.69. The van der Waals surface area contributed by atoms with E-state index >= 15 is 0 Å². The van der Waals surface area contributed by atoms with E-state index in [1.165, 1.54) is 0 Å². The summed E-state index contributed by atoms with van der Waals surface area (Å²) in [4.78, 5) is 12.6. The molecule has 0 spiro atoms. The molecule has 1 rings (SSSR count). The van der Waals surface area contributed by atoms with Crippen molar-refractivity contribution in [2.24, 2.45) is 11.1 Å². The number of ether oxygens (including phenoxy) is 1. The number of carbonyl (C=O) groups is 1. The summed E-state index contributed by atoms with van der Waals surface area (Å²) in [6.45, 7) is 11.0. The normalized spacial score (nSPS) is 14.6. The SMILES string of the molecule is CCOC(=O)C(CN)(CCC(C)(C)C)c1cccc(C)c1. The zero-order chi connectivity index (χ0) is 16.1. The van der Waals surface area contributed by atoms with Gasteiger partial charge in [0.25, 0.3) is 0 Å². The predicted molar refractivity (Wildman–Crippen MR) is 87.2 cm³/mol. The van der Waals surface area contributed by atoms with Gasteiger partial charge < -0.3 is 10.5 Å². The first-order valence-corrected chi connectivity index (χ1v) is 7.69. The van der Waals surface area contributed by atoms with Gasteiger partial charge in [-0.15, -0.1) is 0 Å². The van der Waals surface area contributed by atoms with Crippen molar-refractivity contribution in [3.05, 3.63) is 35.4 Å². The lowest BCUT2D eigenvalue weighted by molar-refractivity contribution is -0.150. The molecule has 3 heteroatoms. The van der Waals surface area contributed by atoms with Crippen LogP contribution in [-0.2, 0) is 14.9 Å². The fourth-order valence-corrected chi connectivity index (χ4v) is 2.47. The van der Waals surface area contributed by atoms with E-state index in [0.29, 0.717) is 13.0 Å². The molecule has 0 bridgehead atoms. The van der Waals surface area contributed by atoms with E-state index in [9.17, 15) is 4.79 Å². The highest BCUT2D eigenvalue weighted by atomic mass is 16.5. The number of nitrogens with two attached hydrogens (primary N) is 1. The van der Waals surface area contributed by atoms with Gasteiger partial charge in [0, 0.05) is 6.54 Å². The lowest BCUT2D eigenvalue weighted by Crippen LogP contribution is -2.45. The van der Waals surface area contributed by atoms with E-state index in [0.717, 1.165) is 17.5 Å². The summed E-state index contributed by atoms with van der Waals surface area (Å²) >= 11 is 0. The van der Waals surface area contributed by atoms with E-state index in [-0.39, 0.29) is 17.9 Å². The number of esters is 1. The molecule has 0 fully saturated rings. The molecule has 0 heterocycles. The van der Waals surface area contributed by atoms with Crippen LogP contribution in [0.25, 0.3) is 0 Å². The minimum absolute atomic E-state index is 0.150. The Balaban J connectivity index is 3.22. The van der Waals surface area contributed by atoms with Crippen LogP contribution in [0.15, 0.2) is 24.3 Å². The Morgan fingerprint density at radius 3 is 2.38 bits per heavy atom. The van der Waals surface area contributed by atoms with Crippen LogP contribution in [0.4, 0.5) is 0 Å². The van der Waals surface area contributed by atoms with Crippen molar-refractivity contribution in [2.45, 2.75) is 52.9 Å². The maximum absolute atomic E-state index is 12.6. The van der Waals surface area contributed by atoms with Crippen LogP contribution in [-0.4, -0.2) is 19.1 Å². The zero-order valence-corrected chi connectivity index (χ0v) is 14.0. The summed E-state index contributed by atoms with van der Waals surface area (Å²) in [5, 5.41) is 0. The minimum Gasteiger partial charge on any atom is -0.465 e. The number of aryl methyl sites for hydroxylation is 1. The minimum atomic E-state index is -0.741. The summed E-state index contributed by atoms with van der Waals surface area (Å²) in [7, 11) is 0. The number of benzene rings is 1. The zero-order valence-electron chi connectivity index (χ0n) is 14.0. The highest BCUT2D eigenvalue weighted by Crippen LogP contribution is 2.35. The summed E-state index contributed by atoms with van der Waals surface area (Å²) in [6.07, 6.45) is 1.62. The smallest absolute Gasteiger partial charge is 0.317 e. The molecular weight excluding hydrogens is 262 g/mol. The maximum Gasteiger partial charge on any atom is 0.317 e. The lowest BCUT2D eigenvalue weighted by Gasteiger charge is -2.33. The maximum atomic E-state index is 12.6. The van der Waals surface area contributed by atoms with Crippen LogP contribution >= 0.6 is 0 Å². The molecule has 3 nitrogen and oxygen atoms in total. The quantitative estimate of drug-likeness (QED) is 0.815. The van der Waals surface area contributed by atoms with Gasteiger partial charge in [0.15, 0.2) is 0 Å². The Bertz CT molecular complexity index is 476. The first-order chi connectivity index (χ1) is 9.75. The van der Waals surface area contributed by atoms with E-state index in [1.807, 2.05) is 38.1 Å². The molecule has 0 saturated heterocycles. The molecule has 118 valence electrons. The average Bonchev–Trinajstić information content (AvgIpc) is 2.39. The van der Waals surface area contributed by atoms with Crippen molar-refractivity contribution in [1.29, 1.82) is 0 Å². The van der Waals surface area contributed by atoms with E-state index in [4.69, 9.17) is 10.5 Å². The third-order valence-electron chi connectivity index (χ3n) is 3.89. The van der Waals surface area contributed by atoms with E-state index < -0.39 is 5.41 Å². The molecule has 0 aliphatic heterocycles. The molecule has 0 saturated carbocycles. The van der Waals surface area contributed by atoms with Gasteiger partial charge in [-0.05, 0) is 37.7 Å². The second-order valence-corrected chi connectivity index (χ2v) is 6.94. The first kappa shape index (κ1) is 17.7. The molecule has 0 radical (unpaired) electrons. The van der Waals surface area contributed by atoms with Crippen LogP contribution in [0.5, 0.6) is 0 Å². The van der Waals surface area contributed by atoms with Crippen molar-refractivity contribution < 1.29 is 9.53 Å². The van der Waals surface area contributed by atoms with Gasteiger partial charge in [0.05, 0.1) is 6.61 Å². The molecule has 0 aliphatic rings. The third-order valence-corrected chi connectivity index (χ3v) is 3.89. The van der Waals surface area contributed by atoms with Crippen LogP contribution in [0.1, 0.15) is 51.7 Å². The van der Waals surface area contributed by atoms with Gasteiger partial charge in [-0.3, -0.25) is 4.79 Å². The topological polar surface area (TPSA) is 52.3 Å². The molecule has 0 aliphatic carbocycles. The van der Waals surface area contributed by atoms with Crippen LogP contribution in [0, 0.1) is 12.3 Å². The van der Waals surface area contributed by atoms with Crippen LogP contribution < -0.4 is 5.73 Å². The Labute approximate surface area is 128 Å². The number of hydrogen-bond donors (Lipinski definition) is 1. The van der Waals surface area contributed by atoms with E-state index in [2.05, 4.69) is 20.8 Å². The number of hydrogen-bond acceptors (Lipinski definition) is 3. The number of carbonyl (C=O) groups excluding carboxylic acids is 1. The molecule has 2 N–H and O–H groups in total. The fraction of sp³-hybridized carbons (Fsp3) is 0.611. The molecule has 1 aromatic rings. The Kier molecular flexibility index (Phi) is 5.97. The fourth-order valence-electron chi connectivity index (χ4n) is 2.47. The average molecular weight is 291 g/mol. The molecular formula is C18H29NO2. The van der Waals surface area contributed by atoms with Crippen molar-refractivity contribution in [3.63, 3.8) is 0 Å².